The van der Waals surface area contributed by atoms with Crippen LogP contribution >= 0.6 is 11.8 Å². The largest absolute Gasteiger partial charge is 0.496 e. The van der Waals surface area contributed by atoms with E-state index < -0.39 is 11.7 Å². The minimum atomic E-state index is -4.55. The first-order valence-corrected chi connectivity index (χ1v) is 13.3. The molecule has 0 saturated heterocycles. The van der Waals surface area contributed by atoms with Crippen LogP contribution in [-0.4, -0.2) is 29.4 Å². The first-order valence-electron chi connectivity index (χ1n) is 12.5. The molecule has 0 fully saturated rings. The van der Waals surface area contributed by atoms with Crippen molar-refractivity contribution in [3.63, 3.8) is 0 Å². The van der Waals surface area contributed by atoms with E-state index in [1.54, 1.807) is 42.2 Å². The van der Waals surface area contributed by atoms with Gasteiger partial charge in [-0.1, -0.05) is 30.3 Å². The van der Waals surface area contributed by atoms with Gasteiger partial charge in [-0.05, 0) is 47.2 Å². The number of thioether (sulfide) groups is 1. The molecule has 3 aromatic carbocycles. The van der Waals surface area contributed by atoms with Gasteiger partial charge in [-0.25, -0.2) is 9.66 Å². The highest BCUT2D eigenvalue weighted by atomic mass is 32.2. The van der Waals surface area contributed by atoms with Crippen molar-refractivity contribution in [2.24, 2.45) is 0 Å². The second-order valence-electron chi connectivity index (χ2n) is 9.17. The van der Waals surface area contributed by atoms with E-state index in [1.807, 2.05) is 30.3 Å². The third kappa shape index (κ3) is 5.79. The highest BCUT2D eigenvalue weighted by Crippen LogP contribution is 2.39. The number of nitrogens with zero attached hydrogens (tertiary/aromatic N) is 2. The highest BCUT2D eigenvalue weighted by Gasteiger charge is 2.31. The van der Waals surface area contributed by atoms with Crippen LogP contribution in [-0.2, 0) is 24.1 Å². The van der Waals surface area contributed by atoms with Crippen LogP contribution in [0.5, 0.6) is 17.2 Å². The zero-order valence-corrected chi connectivity index (χ0v) is 22.7. The van der Waals surface area contributed by atoms with Crippen LogP contribution in [0.3, 0.4) is 0 Å². The minimum Gasteiger partial charge on any atom is -0.496 e. The zero-order valence-electron chi connectivity index (χ0n) is 21.9. The van der Waals surface area contributed by atoms with Gasteiger partial charge in [-0.15, -0.1) is 0 Å². The van der Waals surface area contributed by atoms with E-state index in [9.17, 15) is 13.2 Å². The van der Waals surface area contributed by atoms with Crippen LogP contribution in [0.15, 0.2) is 82.5 Å². The number of fused-ring (bicyclic) bond motifs is 2. The lowest BCUT2D eigenvalue weighted by Crippen LogP contribution is -2.19. The van der Waals surface area contributed by atoms with Crippen LogP contribution in [0, 0.1) is 0 Å². The summed E-state index contributed by atoms with van der Waals surface area (Å²) in [7, 11) is 3.11. The molecular weight excluding hydrogens is 559 g/mol. The molecule has 1 aliphatic heterocycles. The molecule has 0 radical (unpaired) electrons. The average molecular weight is 584 g/mol. The van der Waals surface area contributed by atoms with Crippen molar-refractivity contribution < 1.29 is 36.5 Å². The standard InChI is InChI=1S/C29H24F3N3O5S/c1-36-20-11-24(22-13-26(40-25(22)12-20)23-14-35-27(33-23)41-28(34-35)37-2)39-16-18-8-19(29(30,31)32)10-21(9-18)38-15-17-6-4-3-5-7-17/h3-14,28,34H,15-16H2,1-2H3. The molecule has 0 amide bonds. The second-order valence-corrected chi connectivity index (χ2v) is 10.2. The van der Waals surface area contributed by atoms with Gasteiger partial charge in [0.1, 0.15) is 41.7 Å². The van der Waals surface area contributed by atoms with E-state index >= 15 is 0 Å². The number of imidazole rings is 1. The fourth-order valence-electron chi connectivity index (χ4n) is 4.33. The van der Waals surface area contributed by atoms with Crippen molar-refractivity contribution >= 4 is 22.7 Å². The molecule has 8 nitrogen and oxygen atoms in total. The Morgan fingerprint density at radius 1 is 0.951 bits per heavy atom. The van der Waals surface area contributed by atoms with Crippen LogP contribution in [0.1, 0.15) is 16.7 Å². The van der Waals surface area contributed by atoms with Gasteiger partial charge in [0.05, 0.1) is 24.3 Å². The average Bonchev–Trinajstić information content (AvgIpc) is 3.68. The number of benzene rings is 3. The number of methoxy groups -OCH3 is 2. The van der Waals surface area contributed by atoms with Gasteiger partial charge in [-0.2, -0.15) is 13.2 Å². The summed E-state index contributed by atoms with van der Waals surface area (Å²) in [5.74, 6) is 1.44. The fourth-order valence-corrected chi connectivity index (χ4v) is 5.16. The Bertz CT molecular complexity index is 1660. The van der Waals surface area contributed by atoms with E-state index in [4.69, 9.17) is 23.4 Å². The summed E-state index contributed by atoms with van der Waals surface area (Å²) in [4.78, 5) is 4.60. The number of nitrogens with one attached hydrogen (secondary N) is 1. The first kappa shape index (κ1) is 26.9. The Balaban J connectivity index is 1.27. The number of hydrogen-bond donors (Lipinski definition) is 1. The van der Waals surface area contributed by atoms with Gasteiger partial charge in [0, 0.05) is 19.2 Å². The smallest absolute Gasteiger partial charge is 0.416 e. The lowest BCUT2D eigenvalue weighted by atomic mass is 10.1. The third-order valence-corrected chi connectivity index (χ3v) is 7.35. The predicted octanol–water partition coefficient (Wildman–Crippen LogP) is 7.06. The summed E-state index contributed by atoms with van der Waals surface area (Å²) < 4.78 is 71.4. The van der Waals surface area contributed by atoms with Gasteiger partial charge in [0.15, 0.2) is 16.5 Å². The number of furan rings is 1. The van der Waals surface area contributed by atoms with Crippen molar-refractivity contribution in [1.29, 1.82) is 0 Å². The molecule has 0 bridgehead atoms. The third-order valence-electron chi connectivity index (χ3n) is 6.34. The Hall–Kier alpha value is -4.29. The lowest BCUT2D eigenvalue weighted by Gasteiger charge is -2.14. The molecule has 1 atom stereocenters. The van der Waals surface area contributed by atoms with Crippen LogP contribution in [0.25, 0.3) is 22.4 Å². The monoisotopic (exact) mass is 583 g/mol. The molecule has 6 rings (SSSR count). The van der Waals surface area contributed by atoms with Gasteiger partial charge < -0.3 is 23.4 Å². The maximum absolute atomic E-state index is 13.7. The van der Waals surface area contributed by atoms with Gasteiger partial charge in [0.25, 0.3) is 0 Å². The second kappa shape index (κ2) is 10.9. The summed E-state index contributed by atoms with van der Waals surface area (Å²) in [6, 6.07) is 18.0. The van der Waals surface area contributed by atoms with Crippen LogP contribution in [0.4, 0.5) is 13.2 Å². The molecule has 1 unspecified atom stereocenters. The van der Waals surface area contributed by atoms with Crippen molar-refractivity contribution in [3.8, 4) is 28.7 Å². The molecule has 12 heteroatoms. The quantitative estimate of drug-likeness (QED) is 0.198. The van der Waals surface area contributed by atoms with Gasteiger partial charge in [0.2, 0.25) is 0 Å². The summed E-state index contributed by atoms with van der Waals surface area (Å²) in [6.45, 7) is -0.0134. The van der Waals surface area contributed by atoms with Crippen LogP contribution in [0.2, 0.25) is 0 Å². The maximum Gasteiger partial charge on any atom is 0.416 e. The number of halogens is 3. The molecule has 2 aromatic heterocycles. The highest BCUT2D eigenvalue weighted by molar-refractivity contribution is 7.99. The molecule has 212 valence electrons. The van der Waals surface area contributed by atoms with E-state index in [1.165, 1.54) is 18.9 Å². The maximum atomic E-state index is 13.7. The van der Waals surface area contributed by atoms with E-state index in [0.717, 1.165) is 22.9 Å². The van der Waals surface area contributed by atoms with E-state index in [0.29, 0.717) is 39.5 Å². The molecule has 0 saturated carbocycles. The number of aromatic nitrogens is 2. The van der Waals surface area contributed by atoms with E-state index in [2.05, 4.69) is 10.4 Å². The predicted molar refractivity (Wildman–Crippen MR) is 147 cm³/mol. The Morgan fingerprint density at radius 3 is 2.49 bits per heavy atom. The summed E-state index contributed by atoms with van der Waals surface area (Å²) in [5, 5.41) is 1.34. The van der Waals surface area contributed by atoms with Crippen LogP contribution < -0.4 is 19.6 Å². The van der Waals surface area contributed by atoms with Gasteiger partial charge in [-0.3, -0.25) is 5.43 Å². The van der Waals surface area contributed by atoms with E-state index in [-0.39, 0.29) is 24.5 Å². The molecule has 1 aliphatic rings. The SMILES string of the molecule is COc1cc(OCc2cc(OCc3ccccc3)cc(C(F)(F)F)c2)c2cc(-c3cn4c(n3)SC(OC)N4)oc2c1. The molecule has 3 heterocycles. The number of hydrogen-bond acceptors (Lipinski definition) is 8. The van der Waals surface area contributed by atoms with Crippen molar-refractivity contribution in [2.75, 3.05) is 19.6 Å². The molecule has 5 aromatic rings. The van der Waals surface area contributed by atoms with Gasteiger partial charge >= 0.3 is 6.18 Å². The summed E-state index contributed by atoms with van der Waals surface area (Å²) >= 11 is 1.42. The Labute approximate surface area is 236 Å². The molecular formula is C29H24F3N3O5S. The first-order chi connectivity index (χ1) is 19.8. The molecule has 1 N–H and O–H groups in total. The molecule has 0 spiro atoms. The summed E-state index contributed by atoms with van der Waals surface area (Å²) in [5.41, 5.74) is 4.29. The number of ether oxygens (including phenoxy) is 4. The topological polar surface area (TPSA) is 79.9 Å². The number of alkyl halides is 3. The van der Waals surface area contributed by atoms with Crippen molar-refractivity contribution in [3.05, 3.63) is 89.6 Å². The Kier molecular flexibility index (Phi) is 7.18. The van der Waals surface area contributed by atoms with Crippen molar-refractivity contribution in [1.82, 2.24) is 9.66 Å². The summed E-state index contributed by atoms with van der Waals surface area (Å²) in [6.07, 6.45) is -2.76. The lowest BCUT2D eigenvalue weighted by molar-refractivity contribution is -0.137. The Morgan fingerprint density at radius 2 is 1.76 bits per heavy atom. The zero-order chi connectivity index (χ0) is 28.6. The molecule has 41 heavy (non-hydrogen) atoms. The number of rotatable bonds is 9. The van der Waals surface area contributed by atoms with Crippen molar-refractivity contribution in [2.45, 2.75) is 30.1 Å². The fraction of sp³-hybridized carbons (Fsp3) is 0.207. The normalized spacial score (nSPS) is 14.6. The molecule has 0 aliphatic carbocycles. The minimum absolute atomic E-state index is 0.0960.